The molecule has 1 fully saturated rings. The van der Waals surface area contributed by atoms with E-state index in [0.29, 0.717) is 17.3 Å². The van der Waals surface area contributed by atoms with Crippen LogP contribution in [0.15, 0.2) is 28.7 Å². The minimum atomic E-state index is -0.553. The van der Waals surface area contributed by atoms with E-state index in [9.17, 15) is 9.90 Å². The number of carbonyl (C=O) groups excluding carboxylic acids is 1. The molecule has 1 amide bonds. The molecule has 1 unspecified atom stereocenters. The molecular weight excluding hydrogens is 254 g/mol. The number of carbonyl (C=O) groups is 1. The molecule has 0 spiro atoms. The molecule has 0 saturated heterocycles. The number of hydrogen-bond donors (Lipinski definition) is 2. The van der Waals surface area contributed by atoms with Crippen LogP contribution in [0.25, 0.3) is 11.0 Å². The smallest absolute Gasteiger partial charge is 0.287 e. The molecule has 0 aliphatic heterocycles. The van der Waals surface area contributed by atoms with Crippen LogP contribution < -0.4 is 5.32 Å². The Morgan fingerprint density at radius 3 is 2.75 bits per heavy atom. The summed E-state index contributed by atoms with van der Waals surface area (Å²) in [4.78, 5) is 12.4. The second-order valence-corrected chi connectivity index (χ2v) is 5.86. The molecule has 1 atom stereocenters. The van der Waals surface area contributed by atoms with Gasteiger partial charge < -0.3 is 14.8 Å². The number of aryl methyl sites for hydroxylation is 1. The van der Waals surface area contributed by atoms with Crippen molar-refractivity contribution in [1.82, 2.24) is 5.32 Å². The van der Waals surface area contributed by atoms with E-state index in [-0.39, 0.29) is 12.5 Å². The number of rotatable bonds is 4. The second-order valence-electron chi connectivity index (χ2n) is 5.86. The fourth-order valence-electron chi connectivity index (χ4n) is 2.70. The Kier molecular flexibility index (Phi) is 3.05. The Bertz CT molecular complexity index is 657. The molecule has 4 heteroatoms. The first-order chi connectivity index (χ1) is 9.55. The number of para-hydroxylation sites is 1. The van der Waals surface area contributed by atoms with Gasteiger partial charge in [-0.1, -0.05) is 18.2 Å². The van der Waals surface area contributed by atoms with E-state index in [4.69, 9.17) is 4.42 Å². The van der Waals surface area contributed by atoms with Crippen molar-refractivity contribution in [3.8, 4) is 0 Å². The van der Waals surface area contributed by atoms with Crippen LogP contribution in [0.1, 0.15) is 35.9 Å². The van der Waals surface area contributed by atoms with Gasteiger partial charge >= 0.3 is 0 Å². The molecule has 20 heavy (non-hydrogen) atoms. The number of aliphatic hydroxyl groups is 1. The van der Waals surface area contributed by atoms with Crippen molar-refractivity contribution < 1.29 is 14.3 Å². The van der Waals surface area contributed by atoms with Crippen LogP contribution in [0.4, 0.5) is 0 Å². The standard InChI is InChI=1S/C16H19NO3/c1-10-12-5-3-4-6-13(12)20-14(10)15(19)17-16(2,9-18)11-7-8-11/h3-6,11,18H,7-9H2,1-2H3,(H,17,19). The van der Waals surface area contributed by atoms with E-state index < -0.39 is 5.54 Å². The van der Waals surface area contributed by atoms with Crippen LogP contribution >= 0.6 is 0 Å². The quantitative estimate of drug-likeness (QED) is 0.900. The number of furan rings is 1. The van der Waals surface area contributed by atoms with Gasteiger partial charge in [0, 0.05) is 10.9 Å². The highest BCUT2D eigenvalue weighted by molar-refractivity contribution is 5.99. The molecule has 106 valence electrons. The Labute approximate surface area is 117 Å². The van der Waals surface area contributed by atoms with Crippen molar-refractivity contribution in [3.05, 3.63) is 35.6 Å². The van der Waals surface area contributed by atoms with Gasteiger partial charge in [-0.15, -0.1) is 0 Å². The molecule has 1 aromatic carbocycles. The van der Waals surface area contributed by atoms with Crippen molar-refractivity contribution in [2.75, 3.05) is 6.61 Å². The molecular formula is C16H19NO3. The lowest BCUT2D eigenvalue weighted by Gasteiger charge is -2.28. The van der Waals surface area contributed by atoms with E-state index in [2.05, 4.69) is 5.32 Å². The average Bonchev–Trinajstić information content (AvgIpc) is 3.25. The largest absolute Gasteiger partial charge is 0.451 e. The van der Waals surface area contributed by atoms with Gasteiger partial charge in [0.1, 0.15) is 5.58 Å². The van der Waals surface area contributed by atoms with Gasteiger partial charge in [0.15, 0.2) is 5.76 Å². The lowest BCUT2D eigenvalue weighted by molar-refractivity contribution is 0.0798. The summed E-state index contributed by atoms with van der Waals surface area (Å²) in [7, 11) is 0. The normalized spacial score (nSPS) is 17.9. The summed E-state index contributed by atoms with van der Waals surface area (Å²) in [6.45, 7) is 3.72. The number of aliphatic hydroxyl groups excluding tert-OH is 1. The SMILES string of the molecule is Cc1c(C(=O)NC(C)(CO)C2CC2)oc2ccccc12. The third kappa shape index (κ3) is 2.10. The van der Waals surface area contributed by atoms with Crippen LogP contribution in [0, 0.1) is 12.8 Å². The van der Waals surface area contributed by atoms with Gasteiger partial charge in [0.2, 0.25) is 0 Å². The van der Waals surface area contributed by atoms with Crippen molar-refractivity contribution in [2.45, 2.75) is 32.2 Å². The molecule has 4 nitrogen and oxygen atoms in total. The number of nitrogens with one attached hydrogen (secondary N) is 1. The predicted molar refractivity (Wildman–Crippen MR) is 76.6 cm³/mol. The van der Waals surface area contributed by atoms with E-state index in [1.165, 1.54) is 0 Å². The van der Waals surface area contributed by atoms with Gasteiger partial charge in [-0.05, 0) is 38.7 Å². The van der Waals surface area contributed by atoms with E-state index in [1.54, 1.807) is 0 Å². The number of benzene rings is 1. The van der Waals surface area contributed by atoms with Gasteiger partial charge in [-0.25, -0.2) is 0 Å². The zero-order valence-corrected chi connectivity index (χ0v) is 11.8. The van der Waals surface area contributed by atoms with Gasteiger partial charge in [-0.3, -0.25) is 4.79 Å². The Morgan fingerprint density at radius 2 is 2.15 bits per heavy atom. The summed E-state index contributed by atoms with van der Waals surface area (Å²) in [6, 6.07) is 7.60. The van der Waals surface area contributed by atoms with Crippen LogP contribution in [0.5, 0.6) is 0 Å². The summed E-state index contributed by atoms with van der Waals surface area (Å²) in [5.74, 6) is 0.454. The number of amides is 1. The maximum Gasteiger partial charge on any atom is 0.287 e. The molecule has 2 aromatic rings. The fraction of sp³-hybridized carbons (Fsp3) is 0.438. The van der Waals surface area contributed by atoms with Crippen molar-refractivity contribution in [3.63, 3.8) is 0 Å². The van der Waals surface area contributed by atoms with E-state index >= 15 is 0 Å². The summed E-state index contributed by atoms with van der Waals surface area (Å²) in [5.41, 5.74) is 1.00. The fourth-order valence-corrected chi connectivity index (χ4v) is 2.70. The van der Waals surface area contributed by atoms with Gasteiger partial charge in [0.05, 0.1) is 12.1 Å². The summed E-state index contributed by atoms with van der Waals surface area (Å²) in [5, 5.41) is 13.4. The molecule has 0 bridgehead atoms. The third-order valence-corrected chi connectivity index (χ3v) is 4.26. The van der Waals surface area contributed by atoms with E-state index in [0.717, 1.165) is 23.8 Å². The highest BCUT2D eigenvalue weighted by Crippen LogP contribution is 2.39. The molecule has 1 aliphatic carbocycles. The first kappa shape index (κ1) is 13.2. The molecule has 0 radical (unpaired) electrons. The Hall–Kier alpha value is -1.81. The molecule has 2 N–H and O–H groups in total. The van der Waals surface area contributed by atoms with Gasteiger partial charge in [-0.2, -0.15) is 0 Å². The topological polar surface area (TPSA) is 62.5 Å². The molecule has 1 saturated carbocycles. The maximum absolute atomic E-state index is 12.4. The zero-order valence-electron chi connectivity index (χ0n) is 11.8. The first-order valence-corrected chi connectivity index (χ1v) is 6.96. The number of hydrogen-bond acceptors (Lipinski definition) is 3. The number of fused-ring (bicyclic) bond motifs is 1. The summed E-state index contributed by atoms with van der Waals surface area (Å²) >= 11 is 0. The first-order valence-electron chi connectivity index (χ1n) is 6.96. The van der Waals surface area contributed by atoms with Crippen LogP contribution in [-0.2, 0) is 0 Å². The van der Waals surface area contributed by atoms with Crippen molar-refractivity contribution >= 4 is 16.9 Å². The lowest BCUT2D eigenvalue weighted by Crippen LogP contribution is -2.50. The average molecular weight is 273 g/mol. The lowest BCUT2D eigenvalue weighted by atomic mass is 9.96. The van der Waals surface area contributed by atoms with Crippen molar-refractivity contribution in [1.29, 1.82) is 0 Å². The molecule has 1 heterocycles. The van der Waals surface area contributed by atoms with Crippen molar-refractivity contribution in [2.24, 2.45) is 5.92 Å². The van der Waals surface area contributed by atoms with Crippen LogP contribution in [0.2, 0.25) is 0 Å². The molecule has 1 aliphatic rings. The maximum atomic E-state index is 12.4. The monoisotopic (exact) mass is 273 g/mol. The van der Waals surface area contributed by atoms with Crippen LogP contribution in [0.3, 0.4) is 0 Å². The highest BCUT2D eigenvalue weighted by atomic mass is 16.3. The van der Waals surface area contributed by atoms with Gasteiger partial charge in [0.25, 0.3) is 5.91 Å². The summed E-state index contributed by atoms with van der Waals surface area (Å²) < 4.78 is 5.66. The third-order valence-electron chi connectivity index (χ3n) is 4.26. The molecule has 1 aromatic heterocycles. The van der Waals surface area contributed by atoms with E-state index in [1.807, 2.05) is 38.1 Å². The summed E-state index contributed by atoms with van der Waals surface area (Å²) in [6.07, 6.45) is 2.10. The molecule has 3 rings (SSSR count). The Balaban J connectivity index is 1.90. The second kappa shape index (κ2) is 4.63. The minimum Gasteiger partial charge on any atom is -0.451 e. The van der Waals surface area contributed by atoms with Crippen LogP contribution in [-0.4, -0.2) is 23.2 Å². The predicted octanol–water partition coefficient (Wildman–Crippen LogP) is 2.63. The zero-order chi connectivity index (χ0) is 14.3. The minimum absolute atomic E-state index is 0.0529. The highest BCUT2D eigenvalue weighted by Gasteiger charge is 2.42. The Morgan fingerprint density at radius 1 is 1.45 bits per heavy atom.